The third kappa shape index (κ3) is 1.91. The maximum Gasteiger partial charge on any atom is 0.218 e. The normalized spacial score (nSPS) is 13.4. The molecule has 1 rings (SSSR count). The van der Waals surface area contributed by atoms with E-state index in [1.807, 2.05) is 6.92 Å². The van der Waals surface area contributed by atoms with E-state index in [1.54, 1.807) is 7.05 Å². The van der Waals surface area contributed by atoms with Crippen molar-refractivity contribution in [3.05, 3.63) is 5.82 Å². The molecule has 1 heterocycles. The molecule has 1 aromatic rings. The Morgan fingerprint density at radius 3 is 2.64 bits per heavy atom. The van der Waals surface area contributed by atoms with Crippen LogP contribution in [0.2, 0.25) is 0 Å². The maximum atomic E-state index is 5.55. The van der Waals surface area contributed by atoms with Crippen molar-refractivity contribution >= 4 is 5.95 Å². The van der Waals surface area contributed by atoms with Gasteiger partial charge in [0.2, 0.25) is 5.95 Å². The van der Waals surface area contributed by atoms with Gasteiger partial charge in [-0.3, -0.25) is 0 Å². The summed E-state index contributed by atoms with van der Waals surface area (Å²) in [7, 11) is 1.76. The fraction of sp³-hybridized carbons (Fsp3) is 0.667. The van der Waals surface area contributed by atoms with E-state index in [-0.39, 0.29) is 6.04 Å². The van der Waals surface area contributed by atoms with Gasteiger partial charge in [0, 0.05) is 19.5 Å². The molecule has 1 atom stereocenters. The molecule has 0 aliphatic carbocycles. The monoisotopic (exact) mass is 155 g/mol. The molecular formula is C6H13N5. The fourth-order valence-electron chi connectivity index (χ4n) is 0.826. The molecule has 11 heavy (non-hydrogen) atoms. The molecule has 0 saturated heterocycles. The van der Waals surface area contributed by atoms with E-state index in [1.165, 1.54) is 4.68 Å². The Bertz CT molecular complexity index is 220. The summed E-state index contributed by atoms with van der Waals surface area (Å²) < 4.78 is 1.54. The first kappa shape index (κ1) is 8.00. The van der Waals surface area contributed by atoms with E-state index in [0.717, 1.165) is 0 Å². The van der Waals surface area contributed by atoms with Crippen LogP contribution in [-0.2, 0) is 13.5 Å². The van der Waals surface area contributed by atoms with E-state index in [2.05, 4.69) is 10.1 Å². The zero-order valence-electron chi connectivity index (χ0n) is 6.78. The highest BCUT2D eigenvalue weighted by Gasteiger charge is 2.04. The number of aromatic nitrogens is 3. The van der Waals surface area contributed by atoms with E-state index in [4.69, 9.17) is 11.5 Å². The third-order valence-corrected chi connectivity index (χ3v) is 1.35. The van der Waals surface area contributed by atoms with Gasteiger partial charge in [0.05, 0.1) is 0 Å². The fourth-order valence-corrected chi connectivity index (χ4v) is 0.826. The van der Waals surface area contributed by atoms with E-state index in [0.29, 0.717) is 18.2 Å². The second kappa shape index (κ2) is 2.87. The molecule has 4 N–H and O–H groups in total. The summed E-state index contributed by atoms with van der Waals surface area (Å²) in [5.74, 6) is 1.14. The van der Waals surface area contributed by atoms with Crippen molar-refractivity contribution in [2.45, 2.75) is 19.4 Å². The summed E-state index contributed by atoms with van der Waals surface area (Å²) in [5, 5.41) is 4.05. The van der Waals surface area contributed by atoms with Crippen molar-refractivity contribution in [1.29, 1.82) is 0 Å². The Kier molecular flexibility index (Phi) is 2.09. The molecule has 0 bridgehead atoms. The van der Waals surface area contributed by atoms with Gasteiger partial charge in [-0.25, -0.2) is 4.68 Å². The molecule has 0 amide bonds. The van der Waals surface area contributed by atoms with Crippen LogP contribution in [-0.4, -0.2) is 20.8 Å². The molecule has 0 radical (unpaired) electrons. The molecule has 0 spiro atoms. The summed E-state index contributed by atoms with van der Waals surface area (Å²) >= 11 is 0. The molecule has 1 unspecified atom stereocenters. The van der Waals surface area contributed by atoms with E-state index >= 15 is 0 Å². The zero-order chi connectivity index (χ0) is 8.43. The molecule has 62 valence electrons. The SMILES string of the molecule is CC(N)Cc1nc(N)n(C)n1. The second-order valence-corrected chi connectivity index (χ2v) is 2.69. The third-order valence-electron chi connectivity index (χ3n) is 1.35. The molecule has 0 aromatic carbocycles. The quantitative estimate of drug-likeness (QED) is 0.591. The molecule has 5 heteroatoms. The Hall–Kier alpha value is -1.10. The Labute approximate surface area is 65.4 Å². The van der Waals surface area contributed by atoms with Gasteiger partial charge < -0.3 is 11.5 Å². The van der Waals surface area contributed by atoms with Gasteiger partial charge in [-0.15, -0.1) is 0 Å². The zero-order valence-corrected chi connectivity index (χ0v) is 6.78. The van der Waals surface area contributed by atoms with Gasteiger partial charge >= 0.3 is 0 Å². The smallest absolute Gasteiger partial charge is 0.218 e. The van der Waals surface area contributed by atoms with Crippen LogP contribution in [0.1, 0.15) is 12.7 Å². The van der Waals surface area contributed by atoms with Gasteiger partial charge in [-0.2, -0.15) is 10.1 Å². The van der Waals surface area contributed by atoms with Crippen LogP contribution in [0.5, 0.6) is 0 Å². The lowest BCUT2D eigenvalue weighted by molar-refractivity contribution is 0.681. The first-order valence-corrected chi connectivity index (χ1v) is 3.50. The molecule has 0 saturated carbocycles. The molecule has 1 aromatic heterocycles. The highest BCUT2D eigenvalue weighted by molar-refractivity contribution is 5.15. The van der Waals surface area contributed by atoms with Crippen molar-refractivity contribution in [3.63, 3.8) is 0 Å². The van der Waals surface area contributed by atoms with E-state index < -0.39 is 0 Å². The number of anilines is 1. The van der Waals surface area contributed by atoms with Crippen molar-refractivity contribution in [3.8, 4) is 0 Å². The largest absolute Gasteiger partial charge is 0.368 e. The number of aryl methyl sites for hydroxylation is 1. The van der Waals surface area contributed by atoms with Crippen LogP contribution in [0, 0.1) is 0 Å². The first-order valence-electron chi connectivity index (χ1n) is 3.50. The van der Waals surface area contributed by atoms with E-state index in [9.17, 15) is 0 Å². The lowest BCUT2D eigenvalue weighted by Crippen LogP contribution is -2.18. The summed E-state index contributed by atoms with van der Waals surface area (Å²) in [4.78, 5) is 4.00. The minimum atomic E-state index is 0.0804. The summed E-state index contributed by atoms with van der Waals surface area (Å²) in [5.41, 5.74) is 11.0. The van der Waals surface area contributed by atoms with Gasteiger partial charge in [-0.05, 0) is 6.92 Å². The number of nitrogens with zero attached hydrogens (tertiary/aromatic N) is 3. The van der Waals surface area contributed by atoms with Crippen LogP contribution in [0.3, 0.4) is 0 Å². The summed E-state index contributed by atoms with van der Waals surface area (Å²) in [6.07, 6.45) is 0.672. The minimum absolute atomic E-state index is 0.0804. The topological polar surface area (TPSA) is 82.7 Å². The first-order chi connectivity index (χ1) is 5.09. The van der Waals surface area contributed by atoms with Gasteiger partial charge in [0.25, 0.3) is 0 Å². The average molecular weight is 155 g/mol. The van der Waals surface area contributed by atoms with Crippen molar-refractivity contribution in [2.24, 2.45) is 12.8 Å². The van der Waals surface area contributed by atoms with Gasteiger partial charge in [-0.1, -0.05) is 0 Å². The second-order valence-electron chi connectivity index (χ2n) is 2.69. The molecule has 0 fully saturated rings. The number of nitrogens with two attached hydrogens (primary N) is 2. The maximum absolute atomic E-state index is 5.55. The van der Waals surface area contributed by atoms with Crippen molar-refractivity contribution in [2.75, 3.05) is 5.73 Å². The van der Waals surface area contributed by atoms with Crippen molar-refractivity contribution in [1.82, 2.24) is 14.8 Å². The van der Waals surface area contributed by atoms with Gasteiger partial charge in [0.15, 0.2) is 5.82 Å². The molecule has 0 aliphatic rings. The summed E-state index contributed by atoms with van der Waals surface area (Å²) in [6, 6.07) is 0.0804. The predicted molar refractivity (Wildman–Crippen MR) is 42.8 cm³/mol. The predicted octanol–water partition coefficient (Wildman–Crippen LogP) is -0.713. The number of hydrogen-bond donors (Lipinski definition) is 2. The highest BCUT2D eigenvalue weighted by atomic mass is 15.4. The lowest BCUT2D eigenvalue weighted by atomic mass is 10.2. The molecule has 5 nitrogen and oxygen atoms in total. The average Bonchev–Trinajstić information content (AvgIpc) is 2.10. The highest BCUT2D eigenvalue weighted by Crippen LogP contribution is 1.99. The molecule has 0 aliphatic heterocycles. The summed E-state index contributed by atoms with van der Waals surface area (Å²) in [6.45, 7) is 1.91. The van der Waals surface area contributed by atoms with Crippen LogP contribution < -0.4 is 11.5 Å². The van der Waals surface area contributed by atoms with Crippen LogP contribution in [0.15, 0.2) is 0 Å². The van der Waals surface area contributed by atoms with Gasteiger partial charge in [0.1, 0.15) is 0 Å². The van der Waals surface area contributed by atoms with Crippen LogP contribution in [0.4, 0.5) is 5.95 Å². The lowest BCUT2D eigenvalue weighted by Gasteiger charge is -1.97. The Morgan fingerprint density at radius 1 is 1.64 bits per heavy atom. The van der Waals surface area contributed by atoms with Crippen LogP contribution in [0.25, 0.3) is 0 Å². The van der Waals surface area contributed by atoms with Crippen LogP contribution >= 0.6 is 0 Å². The number of rotatable bonds is 2. The standard InChI is InChI=1S/C6H13N5/c1-4(7)3-5-9-6(8)11(2)10-5/h4H,3,7H2,1-2H3,(H2,8,9,10). The molecular weight excluding hydrogens is 142 g/mol. The number of hydrogen-bond acceptors (Lipinski definition) is 4. The van der Waals surface area contributed by atoms with Crippen molar-refractivity contribution < 1.29 is 0 Å². The number of nitrogen functional groups attached to an aromatic ring is 1. The Morgan fingerprint density at radius 2 is 2.27 bits per heavy atom. The minimum Gasteiger partial charge on any atom is -0.368 e. The Balaban J connectivity index is 2.73.